The minimum Gasteiger partial charge on any atom is -0.393 e. The fourth-order valence-corrected chi connectivity index (χ4v) is 2.86. The van der Waals surface area contributed by atoms with Crippen LogP contribution >= 0.6 is 11.8 Å². The first-order valence-electron chi connectivity index (χ1n) is 4.98. The SMILES string of the molecule is NCC1(CCSC(F)(F)F)CCCC1O. The summed E-state index contributed by atoms with van der Waals surface area (Å²) in [6, 6.07) is 0. The fourth-order valence-electron chi connectivity index (χ4n) is 2.12. The van der Waals surface area contributed by atoms with Crippen molar-refractivity contribution < 1.29 is 18.3 Å². The molecule has 1 rings (SSSR count). The molecule has 0 radical (unpaired) electrons. The highest BCUT2D eigenvalue weighted by Gasteiger charge is 2.41. The number of rotatable bonds is 4. The highest BCUT2D eigenvalue weighted by atomic mass is 32.2. The van der Waals surface area contributed by atoms with E-state index in [0.29, 0.717) is 12.8 Å². The number of hydrogen-bond acceptors (Lipinski definition) is 3. The van der Waals surface area contributed by atoms with E-state index in [1.807, 2.05) is 0 Å². The van der Waals surface area contributed by atoms with Crippen molar-refractivity contribution in [2.24, 2.45) is 11.1 Å². The average Bonchev–Trinajstić information content (AvgIpc) is 2.46. The summed E-state index contributed by atoms with van der Waals surface area (Å²) in [7, 11) is 0. The molecule has 0 saturated heterocycles. The number of halogens is 3. The molecular weight excluding hydrogens is 227 g/mol. The van der Waals surface area contributed by atoms with Gasteiger partial charge in [0, 0.05) is 17.7 Å². The molecule has 2 unspecified atom stereocenters. The second-order valence-corrected chi connectivity index (χ2v) is 5.18. The van der Waals surface area contributed by atoms with Crippen LogP contribution in [0.1, 0.15) is 25.7 Å². The zero-order chi connectivity index (χ0) is 11.5. The second-order valence-electron chi connectivity index (χ2n) is 4.02. The molecule has 1 aliphatic carbocycles. The van der Waals surface area contributed by atoms with E-state index in [2.05, 4.69) is 0 Å². The predicted molar refractivity (Wildman–Crippen MR) is 54.5 cm³/mol. The Balaban J connectivity index is 2.41. The molecule has 0 aromatic heterocycles. The van der Waals surface area contributed by atoms with Crippen LogP contribution in [-0.2, 0) is 0 Å². The van der Waals surface area contributed by atoms with Gasteiger partial charge >= 0.3 is 5.51 Å². The van der Waals surface area contributed by atoms with Crippen molar-refractivity contribution in [1.29, 1.82) is 0 Å². The van der Waals surface area contributed by atoms with Crippen LogP contribution in [0.3, 0.4) is 0 Å². The molecule has 1 saturated carbocycles. The summed E-state index contributed by atoms with van der Waals surface area (Å²) >= 11 is -0.0303. The number of hydrogen-bond donors (Lipinski definition) is 2. The van der Waals surface area contributed by atoms with E-state index < -0.39 is 17.0 Å². The van der Waals surface area contributed by atoms with Gasteiger partial charge in [-0.15, -0.1) is 0 Å². The van der Waals surface area contributed by atoms with E-state index in [-0.39, 0.29) is 24.1 Å². The molecule has 0 amide bonds. The summed E-state index contributed by atoms with van der Waals surface area (Å²) in [5.41, 5.74) is 0.903. The molecule has 2 nitrogen and oxygen atoms in total. The van der Waals surface area contributed by atoms with Crippen LogP contribution in [0, 0.1) is 5.41 Å². The van der Waals surface area contributed by atoms with Crippen LogP contribution in [0.5, 0.6) is 0 Å². The number of thioether (sulfide) groups is 1. The maximum atomic E-state index is 11.9. The highest BCUT2D eigenvalue weighted by molar-refractivity contribution is 8.00. The standard InChI is InChI=1S/C9H16F3NOS/c10-9(11,12)15-5-4-8(6-13)3-1-2-7(8)14/h7,14H,1-6,13H2. The lowest BCUT2D eigenvalue weighted by atomic mass is 9.81. The zero-order valence-corrected chi connectivity index (χ0v) is 9.20. The van der Waals surface area contributed by atoms with Gasteiger partial charge in [0.2, 0.25) is 0 Å². The van der Waals surface area contributed by atoms with E-state index >= 15 is 0 Å². The normalized spacial score (nSPS) is 32.2. The summed E-state index contributed by atoms with van der Waals surface area (Å²) in [4.78, 5) is 0. The first-order chi connectivity index (χ1) is 6.90. The molecule has 1 aliphatic rings. The molecule has 0 aromatic rings. The smallest absolute Gasteiger partial charge is 0.393 e. The molecule has 0 aromatic carbocycles. The average molecular weight is 243 g/mol. The largest absolute Gasteiger partial charge is 0.441 e. The molecule has 0 heterocycles. The van der Waals surface area contributed by atoms with Crippen molar-refractivity contribution in [3.8, 4) is 0 Å². The molecule has 1 fully saturated rings. The third kappa shape index (κ3) is 3.53. The van der Waals surface area contributed by atoms with Crippen LogP contribution in [0.15, 0.2) is 0 Å². The van der Waals surface area contributed by atoms with Gasteiger partial charge in [0.05, 0.1) is 6.10 Å². The van der Waals surface area contributed by atoms with Gasteiger partial charge in [-0.05, 0) is 19.3 Å². The molecule has 3 N–H and O–H groups in total. The Morgan fingerprint density at radius 2 is 2.13 bits per heavy atom. The van der Waals surface area contributed by atoms with Gasteiger partial charge in [0.15, 0.2) is 0 Å². The lowest BCUT2D eigenvalue weighted by molar-refractivity contribution is -0.0331. The van der Waals surface area contributed by atoms with Gasteiger partial charge in [-0.1, -0.05) is 18.2 Å². The van der Waals surface area contributed by atoms with Crippen molar-refractivity contribution >= 4 is 11.8 Å². The van der Waals surface area contributed by atoms with Gasteiger partial charge in [0.25, 0.3) is 0 Å². The predicted octanol–water partition coefficient (Wildman–Crippen LogP) is 2.12. The Labute approximate surface area is 91.4 Å². The molecule has 15 heavy (non-hydrogen) atoms. The van der Waals surface area contributed by atoms with Crippen LogP contribution in [0.2, 0.25) is 0 Å². The fraction of sp³-hybridized carbons (Fsp3) is 1.00. The van der Waals surface area contributed by atoms with E-state index in [1.165, 1.54) is 0 Å². The van der Waals surface area contributed by atoms with Crippen LogP contribution < -0.4 is 5.73 Å². The van der Waals surface area contributed by atoms with Crippen molar-refractivity contribution in [2.75, 3.05) is 12.3 Å². The van der Waals surface area contributed by atoms with Gasteiger partial charge < -0.3 is 10.8 Å². The molecule has 2 atom stereocenters. The third-order valence-corrected chi connectivity index (χ3v) is 3.87. The maximum absolute atomic E-state index is 11.9. The number of nitrogens with two attached hydrogens (primary N) is 1. The van der Waals surface area contributed by atoms with Crippen LogP contribution in [0.25, 0.3) is 0 Å². The highest BCUT2D eigenvalue weighted by Crippen LogP contribution is 2.42. The molecule has 0 spiro atoms. The first-order valence-corrected chi connectivity index (χ1v) is 5.97. The second kappa shape index (κ2) is 4.93. The summed E-state index contributed by atoms with van der Waals surface area (Å²) in [6.45, 7) is 0.270. The molecular formula is C9H16F3NOS. The molecule has 90 valence electrons. The van der Waals surface area contributed by atoms with Gasteiger partial charge in [-0.25, -0.2) is 0 Å². The minimum atomic E-state index is -4.18. The summed E-state index contributed by atoms with van der Waals surface area (Å²) < 4.78 is 35.8. The van der Waals surface area contributed by atoms with Crippen molar-refractivity contribution in [1.82, 2.24) is 0 Å². The number of alkyl halides is 3. The van der Waals surface area contributed by atoms with Gasteiger partial charge in [0.1, 0.15) is 0 Å². The minimum absolute atomic E-state index is 0.0161. The van der Waals surface area contributed by atoms with Gasteiger partial charge in [-0.2, -0.15) is 13.2 Å². The Hall–Kier alpha value is 0.0600. The lowest BCUT2D eigenvalue weighted by Gasteiger charge is -2.31. The molecule has 0 aliphatic heterocycles. The van der Waals surface area contributed by atoms with Crippen molar-refractivity contribution in [3.63, 3.8) is 0 Å². The van der Waals surface area contributed by atoms with E-state index in [9.17, 15) is 18.3 Å². The third-order valence-electron chi connectivity index (χ3n) is 3.13. The van der Waals surface area contributed by atoms with Crippen molar-refractivity contribution in [2.45, 2.75) is 37.3 Å². The summed E-state index contributed by atoms with van der Waals surface area (Å²) in [6.07, 6.45) is 2.07. The van der Waals surface area contributed by atoms with Crippen molar-refractivity contribution in [3.05, 3.63) is 0 Å². The van der Waals surface area contributed by atoms with E-state index in [1.54, 1.807) is 0 Å². The monoisotopic (exact) mass is 243 g/mol. The number of aliphatic hydroxyl groups excluding tert-OH is 1. The molecule has 0 bridgehead atoms. The Kier molecular flexibility index (Phi) is 4.31. The van der Waals surface area contributed by atoms with Crippen LogP contribution in [-0.4, -0.2) is 29.0 Å². The van der Waals surface area contributed by atoms with E-state index in [4.69, 9.17) is 5.73 Å². The Morgan fingerprint density at radius 3 is 2.53 bits per heavy atom. The maximum Gasteiger partial charge on any atom is 0.441 e. The topological polar surface area (TPSA) is 46.2 Å². The quantitative estimate of drug-likeness (QED) is 0.795. The van der Waals surface area contributed by atoms with Gasteiger partial charge in [-0.3, -0.25) is 0 Å². The number of aliphatic hydroxyl groups is 1. The lowest BCUT2D eigenvalue weighted by Crippen LogP contribution is -2.38. The Morgan fingerprint density at radius 1 is 1.47 bits per heavy atom. The first kappa shape index (κ1) is 13.1. The van der Waals surface area contributed by atoms with E-state index in [0.717, 1.165) is 12.8 Å². The Bertz CT molecular complexity index is 212. The summed E-state index contributed by atoms with van der Waals surface area (Å²) in [5.74, 6) is -0.0161. The van der Waals surface area contributed by atoms with Crippen LogP contribution in [0.4, 0.5) is 13.2 Å². The zero-order valence-electron chi connectivity index (χ0n) is 8.39. The molecule has 6 heteroatoms. The summed E-state index contributed by atoms with van der Waals surface area (Å²) in [5, 5.41) is 9.70.